The summed E-state index contributed by atoms with van der Waals surface area (Å²) in [6.45, 7) is 0. The van der Waals surface area contributed by atoms with Crippen LogP contribution in [0, 0.1) is 0 Å². The van der Waals surface area contributed by atoms with Gasteiger partial charge in [0.25, 0.3) is 0 Å². The second-order valence-corrected chi connectivity index (χ2v) is 12.8. The maximum atomic E-state index is 6.33. The molecule has 0 unspecified atom stereocenters. The number of rotatable bonds is 3. The monoisotopic (exact) mass is 609 g/mol. The third-order valence-electron chi connectivity index (χ3n) is 10.4. The van der Waals surface area contributed by atoms with Crippen LogP contribution in [-0.4, -0.2) is 4.57 Å². The molecule has 0 radical (unpaired) electrons. The number of para-hydroxylation sites is 2. The minimum Gasteiger partial charge on any atom is -0.456 e. The lowest BCUT2D eigenvalue weighted by Crippen LogP contribution is -1.94. The fourth-order valence-electron chi connectivity index (χ4n) is 8.25. The van der Waals surface area contributed by atoms with Gasteiger partial charge in [0.15, 0.2) is 0 Å². The summed E-state index contributed by atoms with van der Waals surface area (Å²) in [5.74, 6) is 0. The molecule has 11 rings (SSSR count). The van der Waals surface area contributed by atoms with Gasteiger partial charge in [-0.15, -0.1) is 0 Å². The molecule has 0 fully saturated rings. The highest BCUT2D eigenvalue weighted by Gasteiger charge is 2.19. The molecule has 0 atom stereocenters. The molecule has 0 aliphatic heterocycles. The van der Waals surface area contributed by atoms with Crippen molar-refractivity contribution in [3.05, 3.63) is 164 Å². The summed E-state index contributed by atoms with van der Waals surface area (Å²) in [6, 6.07) is 59.5. The van der Waals surface area contributed by atoms with Crippen LogP contribution in [0.4, 0.5) is 0 Å². The molecule has 2 heteroatoms. The normalized spacial score (nSPS) is 12.2. The Bertz CT molecular complexity index is 3030. The van der Waals surface area contributed by atoms with Crippen LogP contribution in [0.2, 0.25) is 0 Å². The van der Waals surface area contributed by atoms with Crippen LogP contribution in [0.1, 0.15) is 0 Å². The molecule has 0 saturated carbocycles. The molecule has 222 valence electrons. The van der Waals surface area contributed by atoms with E-state index in [9.17, 15) is 0 Å². The molecule has 0 aliphatic rings. The average Bonchev–Trinajstić information content (AvgIpc) is 3.70. The summed E-state index contributed by atoms with van der Waals surface area (Å²) in [6.07, 6.45) is 0. The number of fused-ring (bicyclic) bond motifs is 7. The first-order valence-corrected chi connectivity index (χ1v) is 16.5. The number of nitrogens with zero attached hydrogens (tertiary/aromatic N) is 1. The molecule has 0 aliphatic carbocycles. The van der Waals surface area contributed by atoms with Crippen LogP contribution in [0.5, 0.6) is 0 Å². The maximum Gasteiger partial charge on any atom is 0.137 e. The van der Waals surface area contributed by atoms with Gasteiger partial charge < -0.3 is 8.98 Å². The number of furan rings is 1. The zero-order chi connectivity index (χ0) is 31.3. The van der Waals surface area contributed by atoms with E-state index in [2.05, 4.69) is 162 Å². The van der Waals surface area contributed by atoms with E-state index in [1.807, 2.05) is 6.07 Å². The minimum absolute atomic E-state index is 0.911. The molecule has 48 heavy (non-hydrogen) atoms. The highest BCUT2D eigenvalue weighted by molar-refractivity contribution is 6.28. The fourth-order valence-corrected chi connectivity index (χ4v) is 8.25. The molecular formula is C46H27NO. The van der Waals surface area contributed by atoms with Crippen LogP contribution >= 0.6 is 0 Å². The van der Waals surface area contributed by atoms with Crippen molar-refractivity contribution in [2.75, 3.05) is 0 Å². The minimum atomic E-state index is 0.911. The van der Waals surface area contributed by atoms with Crippen LogP contribution in [-0.2, 0) is 0 Å². The van der Waals surface area contributed by atoms with Crippen LogP contribution in [0.25, 0.3) is 104 Å². The Hall–Kier alpha value is -6.38. The quantitative estimate of drug-likeness (QED) is 0.182. The summed E-state index contributed by atoms with van der Waals surface area (Å²) in [4.78, 5) is 0. The van der Waals surface area contributed by atoms with Crippen molar-refractivity contribution in [1.82, 2.24) is 4.57 Å². The van der Waals surface area contributed by atoms with E-state index >= 15 is 0 Å². The highest BCUT2D eigenvalue weighted by Crippen LogP contribution is 2.44. The van der Waals surface area contributed by atoms with Crippen molar-refractivity contribution in [2.45, 2.75) is 0 Å². The summed E-state index contributed by atoms with van der Waals surface area (Å²) in [5.41, 5.74) is 10.3. The lowest BCUT2D eigenvalue weighted by Gasteiger charge is -2.17. The van der Waals surface area contributed by atoms with Gasteiger partial charge in [-0.1, -0.05) is 127 Å². The third-order valence-corrected chi connectivity index (χ3v) is 10.4. The zero-order valence-corrected chi connectivity index (χ0v) is 25.9. The number of benzene rings is 9. The standard InChI is InChI=1S/C46H27NO/c1-2-8-28(9-3-1)33-22-16-30-19-25-37-34(23-17-31-18-24-36(33)43(30)44(31)37)29-14-20-32(21-15-29)47-40-12-6-4-10-35(40)38-26-27-42-45(46(38)47)39-11-5-7-13-41(39)48-42/h1-27H. The first-order valence-electron chi connectivity index (χ1n) is 16.5. The molecule has 0 saturated heterocycles. The number of hydrogen-bond acceptors (Lipinski definition) is 1. The zero-order valence-electron chi connectivity index (χ0n) is 25.9. The van der Waals surface area contributed by atoms with Crippen molar-refractivity contribution in [3.8, 4) is 27.9 Å². The lowest BCUT2D eigenvalue weighted by molar-refractivity contribution is 0.669. The molecule has 2 aromatic heterocycles. The first-order chi connectivity index (χ1) is 23.8. The Balaban J connectivity index is 1.13. The van der Waals surface area contributed by atoms with Crippen molar-refractivity contribution in [2.24, 2.45) is 0 Å². The SMILES string of the molecule is c1ccc(-c2ccc3ccc4c(-c5ccc(-n6c7ccccc7c7ccc8oc9ccccc9c8c76)cc5)ccc5ccc2c3c54)cc1. The highest BCUT2D eigenvalue weighted by atomic mass is 16.3. The molecule has 11 aromatic rings. The Labute approximate surface area is 276 Å². The van der Waals surface area contributed by atoms with Gasteiger partial charge in [-0.3, -0.25) is 0 Å². The Morgan fingerprint density at radius 3 is 1.67 bits per heavy atom. The molecule has 0 amide bonds. The summed E-state index contributed by atoms with van der Waals surface area (Å²) in [7, 11) is 0. The van der Waals surface area contributed by atoms with Gasteiger partial charge >= 0.3 is 0 Å². The van der Waals surface area contributed by atoms with Gasteiger partial charge in [-0.2, -0.15) is 0 Å². The summed E-state index contributed by atoms with van der Waals surface area (Å²) >= 11 is 0. The average molecular weight is 610 g/mol. The van der Waals surface area contributed by atoms with Gasteiger partial charge in [-0.05, 0) is 91.0 Å². The van der Waals surface area contributed by atoms with Crippen molar-refractivity contribution in [1.29, 1.82) is 0 Å². The van der Waals surface area contributed by atoms with Crippen LogP contribution in [0.15, 0.2) is 168 Å². The van der Waals surface area contributed by atoms with Gasteiger partial charge in [0.2, 0.25) is 0 Å². The van der Waals surface area contributed by atoms with E-state index in [4.69, 9.17) is 4.42 Å². The van der Waals surface area contributed by atoms with Crippen LogP contribution in [0.3, 0.4) is 0 Å². The van der Waals surface area contributed by atoms with E-state index in [1.165, 1.54) is 76.4 Å². The molecule has 2 heterocycles. The molecule has 0 bridgehead atoms. The fraction of sp³-hybridized carbons (Fsp3) is 0. The largest absolute Gasteiger partial charge is 0.456 e. The number of hydrogen-bond donors (Lipinski definition) is 0. The van der Waals surface area contributed by atoms with E-state index in [0.717, 1.165) is 27.6 Å². The smallest absolute Gasteiger partial charge is 0.137 e. The van der Waals surface area contributed by atoms with Gasteiger partial charge in [-0.25, -0.2) is 0 Å². The predicted octanol–water partition coefficient (Wildman–Crippen LogP) is 12.9. The van der Waals surface area contributed by atoms with Gasteiger partial charge in [0.05, 0.1) is 16.4 Å². The van der Waals surface area contributed by atoms with Gasteiger partial charge in [0, 0.05) is 21.8 Å². The number of aromatic nitrogens is 1. The predicted molar refractivity (Wildman–Crippen MR) is 203 cm³/mol. The first kappa shape index (κ1) is 25.8. The summed E-state index contributed by atoms with van der Waals surface area (Å²) in [5, 5.41) is 12.6. The van der Waals surface area contributed by atoms with E-state index in [1.54, 1.807) is 0 Å². The summed E-state index contributed by atoms with van der Waals surface area (Å²) < 4.78 is 8.74. The van der Waals surface area contributed by atoms with Crippen molar-refractivity contribution >= 4 is 76.1 Å². The van der Waals surface area contributed by atoms with E-state index < -0.39 is 0 Å². The van der Waals surface area contributed by atoms with Crippen LogP contribution < -0.4 is 0 Å². The Kier molecular flexibility index (Phi) is 5.14. The third kappa shape index (κ3) is 3.46. The second-order valence-electron chi connectivity index (χ2n) is 12.8. The second kappa shape index (κ2) is 9.57. The molecule has 0 N–H and O–H groups in total. The van der Waals surface area contributed by atoms with E-state index in [0.29, 0.717) is 0 Å². The van der Waals surface area contributed by atoms with E-state index in [-0.39, 0.29) is 0 Å². The van der Waals surface area contributed by atoms with Crippen molar-refractivity contribution in [3.63, 3.8) is 0 Å². The lowest BCUT2D eigenvalue weighted by atomic mass is 9.87. The topological polar surface area (TPSA) is 18.1 Å². The molecule has 2 nitrogen and oxygen atoms in total. The molecular weight excluding hydrogens is 583 g/mol. The Morgan fingerprint density at radius 2 is 0.938 bits per heavy atom. The Morgan fingerprint density at radius 1 is 0.354 bits per heavy atom. The molecule has 9 aromatic carbocycles. The van der Waals surface area contributed by atoms with Crippen molar-refractivity contribution < 1.29 is 4.42 Å². The molecule has 0 spiro atoms. The maximum absolute atomic E-state index is 6.33. The van der Waals surface area contributed by atoms with Gasteiger partial charge in [0.1, 0.15) is 11.2 Å².